The minimum absolute atomic E-state index is 0.0175. The van der Waals surface area contributed by atoms with E-state index >= 15 is 0 Å². The molecule has 2 rings (SSSR count). The van der Waals surface area contributed by atoms with E-state index in [9.17, 15) is 4.79 Å². The molecular weight excluding hydrogens is 344 g/mol. The Morgan fingerprint density at radius 2 is 2.07 bits per heavy atom. The Kier molecular flexibility index (Phi) is 7.67. The van der Waals surface area contributed by atoms with Crippen LogP contribution >= 0.6 is 0 Å². The number of carbonyl (C=O) groups is 1. The molecule has 0 radical (unpaired) electrons. The molecule has 0 aliphatic heterocycles. The van der Waals surface area contributed by atoms with Gasteiger partial charge in [-0.2, -0.15) is 0 Å². The van der Waals surface area contributed by atoms with Crippen molar-refractivity contribution in [1.29, 1.82) is 0 Å². The average Bonchev–Trinajstić information content (AvgIpc) is 2.65. The van der Waals surface area contributed by atoms with Gasteiger partial charge in [-0.15, -0.1) is 0 Å². The summed E-state index contributed by atoms with van der Waals surface area (Å²) in [5.74, 6) is 1.64. The summed E-state index contributed by atoms with van der Waals surface area (Å²) in [5, 5.41) is 2.84. The van der Waals surface area contributed by atoms with Gasteiger partial charge < -0.3 is 19.5 Å². The maximum absolute atomic E-state index is 12.1. The minimum Gasteiger partial charge on any atom is -0.493 e. The zero-order chi connectivity index (χ0) is 19.6. The molecular formula is C21H26N2O4. The number of pyridine rings is 1. The fourth-order valence-corrected chi connectivity index (χ4v) is 2.37. The molecule has 27 heavy (non-hydrogen) atoms. The van der Waals surface area contributed by atoms with Crippen LogP contribution in [-0.4, -0.2) is 30.7 Å². The Morgan fingerprint density at radius 3 is 2.78 bits per heavy atom. The highest BCUT2D eigenvalue weighted by Gasteiger charge is 2.08. The second kappa shape index (κ2) is 10.2. The molecule has 0 saturated carbocycles. The molecule has 1 aromatic carbocycles. The lowest BCUT2D eigenvalue weighted by atomic mass is 10.2. The first-order valence-electron chi connectivity index (χ1n) is 8.90. The third kappa shape index (κ3) is 6.33. The molecule has 0 atom stereocenters. The van der Waals surface area contributed by atoms with E-state index in [2.05, 4.69) is 10.3 Å². The number of hydrogen-bond donors (Lipinski definition) is 1. The predicted octanol–water partition coefficient (Wildman–Crippen LogP) is 3.61. The standard InChI is InChI=1S/C21H26N2O4/c1-5-26-19-13-16(8-10-18(19)25-4)9-11-20(24)23-14-17-7-6-12-22-21(17)27-15(2)3/h6-13,15H,5,14H2,1-4H3,(H,23,24). The largest absolute Gasteiger partial charge is 0.493 e. The first kappa shape index (κ1) is 20.3. The van der Waals surface area contributed by atoms with Crippen molar-refractivity contribution >= 4 is 12.0 Å². The fourth-order valence-electron chi connectivity index (χ4n) is 2.37. The molecule has 1 heterocycles. The number of benzene rings is 1. The number of nitrogens with one attached hydrogen (secondary N) is 1. The number of aromatic nitrogens is 1. The number of hydrogen-bond acceptors (Lipinski definition) is 5. The third-order valence-corrected chi connectivity index (χ3v) is 3.57. The van der Waals surface area contributed by atoms with Gasteiger partial charge in [-0.3, -0.25) is 4.79 Å². The highest BCUT2D eigenvalue weighted by molar-refractivity contribution is 5.91. The molecule has 1 N–H and O–H groups in total. The van der Waals surface area contributed by atoms with Crippen LogP contribution in [0.15, 0.2) is 42.6 Å². The zero-order valence-electron chi connectivity index (χ0n) is 16.2. The van der Waals surface area contributed by atoms with Crippen molar-refractivity contribution in [3.8, 4) is 17.4 Å². The van der Waals surface area contributed by atoms with Crippen LogP contribution in [0.3, 0.4) is 0 Å². The summed E-state index contributed by atoms with van der Waals surface area (Å²) in [7, 11) is 1.59. The lowest BCUT2D eigenvalue weighted by molar-refractivity contribution is -0.116. The third-order valence-electron chi connectivity index (χ3n) is 3.57. The monoisotopic (exact) mass is 370 g/mol. The van der Waals surface area contributed by atoms with Crippen LogP contribution in [0.25, 0.3) is 6.08 Å². The second-order valence-electron chi connectivity index (χ2n) is 6.03. The van der Waals surface area contributed by atoms with Gasteiger partial charge in [0.25, 0.3) is 0 Å². The minimum atomic E-state index is -0.205. The summed E-state index contributed by atoms with van der Waals surface area (Å²) in [4.78, 5) is 16.4. The summed E-state index contributed by atoms with van der Waals surface area (Å²) in [6.07, 6.45) is 4.90. The Labute approximate surface area is 160 Å². The maximum Gasteiger partial charge on any atom is 0.244 e. The summed E-state index contributed by atoms with van der Waals surface area (Å²) in [5.41, 5.74) is 1.68. The van der Waals surface area contributed by atoms with Crippen molar-refractivity contribution in [2.24, 2.45) is 0 Å². The van der Waals surface area contributed by atoms with Gasteiger partial charge in [-0.25, -0.2) is 4.98 Å². The normalized spacial score (nSPS) is 10.9. The molecule has 0 aliphatic rings. The molecule has 0 bridgehead atoms. The van der Waals surface area contributed by atoms with Gasteiger partial charge in [0.2, 0.25) is 11.8 Å². The lowest BCUT2D eigenvalue weighted by Gasteiger charge is -2.12. The molecule has 1 amide bonds. The fraction of sp³-hybridized carbons (Fsp3) is 0.333. The number of ether oxygens (including phenoxy) is 3. The molecule has 6 nitrogen and oxygen atoms in total. The number of rotatable bonds is 9. The van der Waals surface area contributed by atoms with Crippen LogP contribution < -0.4 is 19.5 Å². The van der Waals surface area contributed by atoms with Gasteiger partial charge in [0, 0.05) is 24.4 Å². The van der Waals surface area contributed by atoms with Gasteiger partial charge in [-0.1, -0.05) is 12.1 Å². The molecule has 0 unspecified atom stereocenters. The average molecular weight is 370 g/mol. The maximum atomic E-state index is 12.1. The van der Waals surface area contributed by atoms with Crippen molar-refractivity contribution in [3.63, 3.8) is 0 Å². The molecule has 0 spiro atoms. The van der Waals surface area contributed by atoms with Crippen molar-refractivity contribution in [3.05, 3.63) is 53.7 Å². The van der Waals surface area contributed by atoms with Crippen LogP contribution in [0.4, 0.5) is 0 Å². The smallest absolute Gasteiger partial charge is 0.244 e. The SMILES string of the molecule is CCOc1cc(C=CC(=O)NCc2cccnc2OC(C)C)ccc1OC. The van der Waals surface area contributed by atoms with E-state index in [1.807, 2.05) is 51.1 Å². The van der Waals surface area contributed by atoms with E-state index in [1.165, 1.54) is 6.08 Å². The molecule has 1 aromatic heterocycles. The molecule has 144 valence electrons. The topological polar surface area (TPSA) is 69.7 Å². The second-order valence-corrected chi connectivity index (χ2v) is 6.03. The Morgan fingerprint density at radius 1 is 1.26 bits per heavy atom. The summed E-state index contributed by atoms with van der Waals surface area (Å²) >= 11 is 0. The van der Waals surface area contributed by atoms with Crippen LogP contribution in [0.2, 0.25) is 0 Å². The quantitative estimate of drug-likeness (QED) is 0.683. The highest BCUT2D eigenvalue weighted by atomic mass is 16.5. The van der Waals surface area contributed by atoms with Crippen molar-refractivity contribution in [2.75, 3.05) is 13.7 Å². The van der Waals surface area contributed by atoms with E-state index in [1.54, 1.807) is 19.4 Å². The van der Waals surface area contributed by atoms with E-state index < -0.39 is 0 Å². The van der Waals surface area contributed by atoms with Crippen LogP contribution in [0.1, 0.15) is 31.9 Å². The highest BCUT2D eigenvalue weighted by Crippen LogP contribution is 2.28. The van der Waals surface area contributed by atoms with Crippen LogP contribution in [-0.2, 0) is 11.3 Å². The number of carbonyl (C=O) groups excluding carboxylic acids is 1. The lowest BCUT2D eigenvalue weighted by Crippen LogP contribution is -2.21. The van der Waals surface area contributed by atoms with Gasteiger partial charge in [0.1, 0.15) is 0 Å². The first-order valence-corrected chi connectivity index (χ1v) is 8.90. The molecule has 0 saturated heterocycles. The molecule has 6 heteroatoms. The molecule has 2 aromatic rings. The van der Waals surface area contributed by atoms with E-state index in [4.69, 9.17) is 14.2 Å². The summed E-state index contributed by atoms with van der Waals surface area (Å²) in [6.45, 7) is 6.66. The van der Waals surface area contributed by atoms with Gasteiger partial charge in [0.15, 0.2) is 11.5 Å². The van der Waals surface area contributed by atoms with Gasteiger partial charge >= 0.3 is 0 Å². The Hall–Kier alpha value is -3.02. The van der Waals surface area contributed by atoms with Crippen LogP contribution in [0, 0.1) is 0 Å². The molecule has 0 fully saturated rings. The number of methoxy groups -OCH3 is 1. The number of amides is 1. The van der Waals surface area contributed by atoms with Gasteiger partial charge in [0.05, 0.1) is 19.8 Å². The van der Waals surface area contributed by atoms with Crippen molar-refractivity contribution in [2.45, 2.75) is 33.4 Å². The zero-order valence-corrected chi connectivity index (χ0v) is 16.2. The summed E-state index contributed by atoms with van der Waals surface area (Å²) < 4.78 is 16.5. The number of nitrogens with zero attached hydrogens (tertiary/aromatic N) is 1. The van der Waals surface area contributed by atoms with Gasteiger partial charge in [-0.05, 0) is 50.6 Å². The van der Waals surface area contributed by atoms with Crippen LogP contribution in [0.5, 0.6) is 17.4 Å². The predicted molar refractivity (Wildman–Crippen MR) is 105 cm³/mol. The first-order chi connectivity index (χ1) is 13.0. The van der Waals surface area contributed by atoms with Crippen molar-refractivity contribution in [1.82, 2.24) is 10.3 Å². The van der Waals surface area contributed by atoms with E-state index in [0.29, 0.717) is 30.5 Å². The summed E-state index contributed by atoms with van der Waals surface area (Å²) in [6, 6.07) is 9.21. The Bertz CT molecular complexity index is 788. The Balaban J connectivity index is 1.99. The molecule has 0 aliphatic carbocycles. The van der Waals surface area contributed by atoms with E-state index in [-0.39, 0.29) is 12.0 Å². The van der Waals surface area contributed by atoms with E-state index in [0.717, 1.165) is 11.1 Å². The van der Waals surface area contributed by atoms with Crippen molar-refractivity contribution < 1.29 is 19.0 Å².